The van der Waals surface area contributed by atoms with Crippen LogP contribution in [-0.4, -0.2) is 16.6 Å². The Balaban J connectivity index is 1.92. The molecule has 0 atom stereocenters. The molecule has 1 aliphatic carbocycles. The van der Waals surface area contributed by atoms with Crippen molar-refractivity contribution in [1.29, 1.82) is 0 Å². The third-order valence-electron chi connectivity index (χ3n) is 3.34. The van der Waals surface area contributed by atoms with Crippen molar-refractivity contribution in [3.63, 3.8) is 0 Å². The lowest BCUT2D eigenvalue weighted by molar-refractivity contribution is -0.117. The van der Waals surface area contributed by atoms with E-state index in [1.807, 2.05) is 12.1 Å². The molecule has 82 valence electrons. The number of hydrogen-bond donors (Lipinski definition) is 0. The summed E-state index contributed by atoms with van der Waals surface area (Å²) in [6.07, 6.45) is 4.42. The zero-order valence-electron chi connectivity index (χ0n) is 9.18. The second-order valence-electron chi connectivity index (χ2n) is 4.68. The maximum Gasteiger partial charge on any atom is 0.254 e. The fraction of sp³-hybridized carbons (Fsp3) is 0.417. The third-order valence-corrected chi connectivity index (χ3v) is 3.34. The van der Waals surface area contributed by atoms with Crippen molar-refractivity contribution in [3.8, 4) is 0 Å². The number of hydrogen-bond acceptors (Lipinski definition) is 3. The summed E-state index contributed by atoms with van der Waals surface area (Å²) in [6.45, 7) is 2.17. The van der Waals surface area contributed by atoms with Crippen LogP contribution < -0.4 is 5.01 Å². The fourth-order valence-corrected chi connectivity index (χ4v) is 1.90. The smallest absolute Gasteiger partial charge is 0.254 e. The van der Waals surface area contributed by atoms with Crippen LogP contribution in [0.2, 0.25) is 0 Å². The predicted molar refractivity (Wildman–Crippen MR) is 61.1 cm³/mol. The van der Waals surface area contributed by atoms with Gasteiger partial charge >= 0.3 is 0 Å². The summed E-state index contributed by atoms with van der Waals surface area (Å²) in [5.74, 6) is 0.647. The standard InChI is InChI=1S/C12H13N3O/c1-12(5-6-12)9-8-11(16)15(14-9)10-4-2-3-7-13-10/h2-4,7H,5-6,8H2,1H3. The lowest BCUT2D eigenvalue weighted by atomic mass is 10.0. The molecule has 1 aliphatic heterocycles. The Morgan fingerprint density at radius 3 is 2.81 bits per heavy atom. The summed E-state index contributed by atoms with van der Waals surface area (Å²) in [7, 11) is 0. The minimum atomic E-state index is 0.0295. The van der Waals surface area contributed by atoms with Crippen molar-refractivity contribution in [2.45, 2.75) is 26.2 Å². The number of carbonyl (C=O) groups excluding carboxylic acids is 1. The van der Waals surface area contributed by atoms with Gasteiger partial charge in [0.25, 0.3) is 5.91 Å². The zero-order chi connectivity index (χ0) is 11.2. The maximum atomic E-state index is 11.8. The molecule has 4 nitrogen and oxygen atoms in total. The molecule has 0 radical (unpaired) electrons. The number of carbonyl (C=O) groups is 1. The highest BCUT2D eigenvalue weighted by Crippen LogP contribution is 2.48. The van der Waals surface area contributed by atoms with Gasteiger partial charge in [0, 0.05) is 11.6 Å². The molecule has 1 aromatic heterocycles. The lowest BCUT2D eigenvalue weighted by Crippen LogP contribution is -2.20. The molecule has 1 aromatic rings. The van der Waals surface area contributed by atoms with Crippen LogP contribution in [-0.2, 0) is 4.79 Å². The summed E-state index contributed by atoms with van der Waals surface area (Å²) in [4.78, 5) is 16.0. The molecule has 0 bridgehead atoms. The first-order valence-corrected chi connectivity index (χ1v) is 5.51. The topological polar surface area (TPSA) is 45.6 Å². The molecule has 2 aliphatic rings. The number of anilines is 1. The highest BCUT2D eigenvalue weighted by molar-refractivity contribution is 6.15. The Morgan fingerprint density at radius 2 is 2.19 bits per heavy atom. The first kappa shape index (κ1) is 9.51. The molecule has 0 unspecified atom stereocenters. The molecule has 1 amide bonds. The highest BCUT2D eigenvalue weighted by atomic mass is 16.2. The van der Waals surface area contributed by atoms with E-state index in [1.165, 1.54) is 5.01 Å². The van der Waals surface area contributed by atoms with Crippen molar-refractivity contribution < 1.29 is 4.79 Å². The first-order chi connectivity index (χ1) is 7.69. The summed E-state index contributed by atoms with van der Waals surface area (Å²) < 4.78 is 0. The minimum Gasteiger partial charge on any atom is -0.272 e. The average molecular weight is 215 g/mol. The molecule has 0 N–H and O–H groups in total. The van der Waals surface area contributed by atoms with Gasteiger partial charge in [-0.2, -0.15) is 10.1 Å². The van der Waals surface area contributed by atoms with E-state index >= 15 is 0 Å². The van der Waals surface area contributed by atoms with Crippen LogP contribution in [0.15, 0.2) is 29.5 Å². The van der Waals surface area contributed by atoms with Crippen molar-refractivity contribution >= 4 is 17.4 Å². The number of nitrogens with zero attached hydrogens (tertiary/aromatic N) is 3. The molecular weight excluding hydrogens is 202 g/mol. The summed E-state index contributed by atoms with van der Waals surface area (Å²) in [5.41, 5.74) is 1.20. The molecule has 1 fully saturated rings. The molecule has 16 heavy (non-hydrogen) atoms. The molecule has 4 heteroatoms. The van der Waals surface area contributed by atoms with Crippen LogP contribution in [0.4, 0.5) is 5.82 Å². The van der Waals surface area contributed by atoms with Gasteiger partial charge in [0.1, 0.15) is 0 Å². The van der Waals surface area contributed by atoms with E-state index in [4.69, 9.17) is 0 Å². The van der Waals surface area contributed by atoms with Gasteiger partial charge in [-0.25, -0.2) is 4.98 Å². The van der Waals surface area contributed by atoms with Crippen LogP contribution in [0.3, 0.4) is 0 Å². The first-order valence-electron chi connectivity index (χ1n) is 5.51. The zero-order valence-corrected chi connectivity index (χ0v) is 9.18. The van der Waals surface area contributed by atoms with E-state index in [1.54, 1.807) is 12.3 Å². The monoisotopic (exact) mass is 215 g/mol. The van der Waals surface area contributed by atoms with Crippen LogP contribution in [0, 0.1) is 5.41 Å². The van der Waals surface area contributed by atoms with Gasteiger partial charge < -0.3 is 0 Å². The number of amides is 1. The minimum absolute atomic E-state index is 0.0295. The number of pyridine rings is 1. The van der Waals surface area contributed by atoms with Crippen molar-refractivity contribution in [3.05, 3.63) is 24.4 Å². The quantitative estimate of drug-likeness (QED) is 0.757. The van der Waals surface area contributed by atoms with Gasteiger partial charge in [0.2, 0.25) is 0 Å². The SMILES string of the molecule is CC1(C2=NN(c3ccccn3)C(=O)C2)CC1. The van der Waals surface area contributed by atoms with Gasteiger partial charge in [0.05, 0.1) is 12.1 Å². The largest absolute Gasteiger partial charge is 0.272 e. The molecule has 2 heterocycles. The molecule has 0 spiro atoms. The summed E-state index contributed by atoms with van der Waals surface area (Å²) in [5, 5.41) is 5.84. The van der Waals surface area contributed by atoms with Crippen LogP contribution in [0.25, 0.3) is 0 Å². The molecular formula is C12H13N3O. The van der Waals surface area contributed by atoms with E-state index in [0.717, 1.165) is 18.6 Å². The van der Waals surface area contributed by atoms with Gasteiger partial charge in [-0.1, -0.05) is 13.0 Å². The Labute approximate surface area is 94.0 Å². The average Bonchev–Trinajstić information content (AvgIpc) is 2.92. The van der Waals surface area contributed by atoms with Gasteiger partial charge in [0.15, 0.2) is 5.82 Å². The highest BCUT2D eigenvalue weighted by Gasteiger charge is 2.46. The third kappa shape index (κ3) is 1.41. The number of hydrazone groups is 1. The van der Waals surface area contributed by atoms with Crippen molar-refractivity contribution in [2.24, 2.45) is 10.5 Å². The van der Waals surface area contributed by atoms with E-state index in [2.05, 4.69) is 17.0 Å². The van der Waals surface area contributed by atoms with Crippen LogP contribution in [0.5, 0.6) is 0 Å². The van der Waals surface area contributed by atoms with Crippen LogP contribution in [0.1, 0.15) is 26.2 Å². The Kier molecular flexibility index (Phi) is 1.87. The Hall–Kier alpha value is -1.71. The van der Waals surface area contributed by atoms with Gasteiger partial charge in [-0.05, 0) is 25.0 Å². The van der Waals surface area contributed by atoms with Crippen molar-refractivity contribution in [1.82, 2.24) is 4.98 Å². The van der Waals surface area contributed by atoms with E-state index in [-0.39, 0.29) is 11.3 Å². The van der Waals surface area contributed by atoms with E-state index in [0.29, 0.717) is 12.2 Å². The Bertz CT molecular complexity index is 462. The molecule has 3 rings (SSSR count). The number of rotatable bonds is 2. The van der Waals surface area contributed by atoms with E-state index in [9.17, 15) is 4.79 Å². The summed E-state index contributed by atoms with van der Waals surface area (Å²) in [6, 6.07) is 5.50. The normalized spacial score (nSPS) is 22.2. The second-order valence-corrected chi connectivity index (χ2v) is 4.68. The molecule has 0 aromatic carbocycles. The number of aromatic nitrogens is 1. The van der Waals surface area contributed by atoms with Crippen LogP contribution >= 0.6 is 0 Å². The lowest BCUT2D eigenvalue weighted by Gasteiger charge is -2.09. The van der Waals surface area contributed by atoms with Gasteiger partial charge in [-0.15, -0.1) is 0 Å². The van der Waals surface area contributed by atoms with Gasteiger partial charge in [-0.3, -0.25) is 4.79 Å². The van der Waals surface area contributed by atoms with E-state index < -0.39 is 0 Å². The molecule has 0 saturated heterocycles. The maximum absolute atomic E-state index is 11.8. The molecule has 1 saturated carbocycles. The predicted octanol–water partition coefficient (Wildman–Crippen LogP) is 1.97. The second kappa shape index (κ2) is 3.14. The fourth-order valence-electron chi connectivity index (χ4n) is 1.90. The Morgan fingerprint density at radius 1 is 1.38 bits per heavy atom. The summed E-state index contributed by atoms with van der Waals surface area (Å²) >= 11 is 0. The van der Waals surface area contributed by atoms with Crippen molar-refractivity contribution in [2.75, 3.05) is 5.01 Å².